The standard InChI is InChI=1S/C8H5NO6.2C6H8N2/c10-7(11)4-2-1-3-5(9(14)15)6(4)8(12)13;2*1-5-3-2-4-6(7)8-5/h1-3H,(H,10,11)(H,12,13);2*2-4H,1H3,(H2,7,8). The van der Waals surface area contributed by atoms with Crippen molar-refractivity contribution in [3.8, 4) is 0 Å². The van der Waals surface area contributed by atoms with Crippen LogP contribution in [0.15, 0.2) is 54.6 Å². The van der Waals surface area contributed by atoms with Gasteiger partial charge >= 0.3 is 0 Å². The third-order valence-electron chi connectivity index (χ3n) is 3.59. The SMILES string of the molecule is Cc1cccc(N)[nH+]1.Cc1cccc(N)[nH+]1.O=C([O-])c1cccc([N+](=O)[O-])c1C(=O)[O-]. The minimum atomic E-state index is -1.93. The minimum absolute atomic E-state index is 0.713. The van der Waals surface area contributed by atoms with Gasteiger partial charge in [-0.15, -0.1) is 0 Å². The number of rotatable bonds is 3. The summed E-state index contributed by atoms with van der Waals surface area (Å²) in [6.45, 7) is 3.94. The second-order valence-electron chi connectivity index (χ2n) is 6.11. The molecule has 0 fully saturated rings. The van der Waals surface area contributed by atoms with Gasteiger partial charge in [0, 0.05) is 23.8 Å². The van der Waals surface area contributed by atoms with Crippen LogP contribution in [-0.2, 0) is 0 Å². The normalized spacial score (nSPS) is 9.35. The maximum absolute atomic E-state index is 10.5. The van der Waals surface area contributed by atoms with Crippen LogP contribution in [0.4, 0.5) is 17.3 Å². The first kappa shape index (κ1) is 24.5. The predicted molar refractivity (Wildman–Crippen MR) is 106 cm³/mol. The van der Waals surface area contributed by atoms with Crippen molar-refractivity contribution in [3.63, 3.8) is 0 Å². The number of carboxylic acids is 2. The summed E-state index contributed by atoms with van der Waals surface area (Å²) in [7, 11) is 0. The summed E-state index contributed by atoms with van der Waals surface area (Å²) in [6.07, 6.45) is 0. The van der Waals surface area contributed by atoms with E-state index in [9.17, 15) is 29.9 Å². The van der Waals surface area contributed by atoms with Gasteiger partial charge in [-0.05, 0) is 26.0 Å². The highest BCUT2D eigenvalue weighted by atomic mass is 16.6. The molecule has 0 bridgehead atoms. The van der Waals surface area contributed by atoms with Gasteiger partial charge in [-0.3, -0.25) is 21.6 Å². The van der Waals surface area contributed by atoms with Crippen LogP contribution in [-0.4, -0.2) is 16.9 Å². The van der Waals surface area contributed by atoms with Crippen LogP contribution >= 0.6 is 0 Å². The summed E-state index contributed by atoms with van der Waals surface area (Å²) in [5.41, 5.74) is 10.4. The molecule has 162 valence electrons. The number of hydrogen-bond donors (Lipinski definition) is 2. The largest absolute Gasteiger partial charge is 0.545 e. The number of benzene rings is 1. The van der Waals surface area contributed by atoms with Crippen LogP contribution in [0.2, 0.25) is 0 Å². The molecule has 11 heteroatoms. The summed E-state index contributed by atoms with van der Waals surface area (Å²) in [6, 6.07) is 14.2. The molecule has 3 rings (SSSR count). The van der Waals surface area contributed by atoms with Crippen molar-refractivity contribution in [2.75, 3.05) is 11.5 Å². The minimum Gasteiger partial charge on any atom is -0.545 e. The Bertz CT molecular complexity index is 977. The molecule has 31 heavy (non-hydrogen) atoms. The van der Waals surface area contributed by atoms with Crippen molar-refractivity contribution in [3.05, 3.63) is 87.2 Å². The Labute approximate surface area is 177 Å². The number of nitrogens with two attached hydrogens (primary N) is 2. The van der Waals surface area contributed by atoms with E-state index in [-0.39, 0.29) is 0 Å². The Balaban J connectivity index is 0.000000253. The van der Waals surface area contributed by atoms with Gasteiger partial charge in [0.2, 0.25) is 0 Å². The van der Waals surface area contributed by atoms with E-state index in [0.717, 1.165) is 29.6 Å². The summed E-state index contributed by atoms with van der Waals surface area (Å²) < 4.78 is 0. The quantitative estimate of drug-likeness (QED) is 0.395. The molecular weight excluding hydrogens is 406 g/mol. The summed E-state index contributed by atoms with van der Waals surface area (Å²) in [4.78, 5) is 36.3. The predicted octanol–water partition coefficient (Wildman–Crippen LogP) is -0.896. The molecule has 0 saturated heterocycles. The van der Waals surface area contributed by atoms with Crippen molar-refractivity contribution in [1.82, 2.24) is 0 Å². The molecule has 2 heterocycles. The summed E-state index contributed by atoms with van der Waals surface area (Å²) >= 11 is 0. The molecular formula is C20H21N5O6. The zero-order chi connectivity index (χ0) is 23.6. The Kier molecular flexibility index (Phi) is 9.06. The Morgan fingerprint density at radius 3 is 1.55 bits per heavy atom. The number of nitro groups is 1. The van der Waals surface area contributed by atoms with E-state index in [4.69, 9.17) is 11.5 Å². The number of nitrogen functional groups attached to an aromatic ring is 2. The molecule has 0 radical (unpaired) electrons. The number of H-pyrrole nitrogens is 2. The van der Waals surface area contributed by atoms with E-state index in [1.165, 1.54) is 0 Å². The number of aromatic carboxylic acids is 2. The molecule has 6 N–H and O–H groups in total. The van der Waals surface area contributed by atoms with Gasteiger partial charge in [0.05, 0.1) is 33.8 Å². The van der Waals surface area contributed by atoms with Crippen molar-refractivity contribution in [2.24, 2.45) is 0 Å². The molecule has 0 amide bonds. The Hall–Kier alpha value is -4.54. The molecule has 1 aromatic carbocycles. The monoisotopic (exact) mass is 427 g/mol. The number of anilines is 2. The molecule has 0 unspecified atom stereocenters. The number of aryl methyl sites for hydroxylation is 2. The molecule has 0 spiro atoms. The van der Waals surface area contributed by atoms with Crippen LogP contribution in [0, 0.1) is 24.0 Å². The highest BCUT2D eigenvalue weighted by Crippen LogP contribution is 2.21. The fourth-order valence-corrected chi connectivity index (χ4v) is 2.29. The van der Waals surface area contributed by atoms with Crippen molar-refractivity contribution >= 4 is 29.3 Å². The smallest absolute Gasteiger partial charge is 0.279 e. The van der Waals surface area contributed by atoms with Crippen LogP contribution in [0.1, 0.15) is 32.1 Å². The number of nitro benzene ring substituents is 1. The topological polar surface area (TPSA) is 204 Å². The lowest BCUT2D eigenvalue weighted by Crippen LogP contribution is -2.30. The average Bonchev–Trinajstić information content (AvgIpc) is 2.67. The van der Waals surface area contributed by atoms with Crippen molar-refractivity contribution in [1.29, 1.82) is 0 Å². The number of carboxylic acid groups (broad SMARTS) is 2. The van der Waals surface area contributed by atoms with Gasteiger partial charge in [0.25, 0.3) is 17.3 Å². The zero-order valence-corrected chi connectivity index (χ0v) is 16.7. The van der Waals surface area contributed by atoms with Crippen LogP contribution in [0.25, 0.3) is 0 Å². The first-order chi connectivity index (χ1) is 14.5. The lowest BCUT2D eigenvalue weighted by molar-refractivity contribution is -0.386. The number of hydrogen-bond acceptors (Lipinski definition) is 8. The van der Waals surface area contributed by atoms with Crippen LogP contribution in [0.5, 0.6) is 0 Å². The summed E-state index contributed by atoms with van der Waals surface area (Å²) in [5, 5.41) is 31.4. The fourth-order valence-electron chi connectivity index (χ4n) is 2.29. The molecule has 0 aliphatic heterocycles. The molecule has 0 atom stereocenters. The molecule has 0 aliphatic carbocycles. The Morgan fingerprint density at radius 1 is 0.806 bits per heavy atom. The van der Waals surface area contributed by atoms with Gasteiger partial charge in [0.15, 0.2) is 0 Å². The highest BCUT2D eigenvalue weighted by molar-refractivity contribution is 6.03. The number of nitrogens with zero attached hydrogens (tertiary/aromatic N) is 1. The molecule has 0 saturated carbocycles. The lowest BCUT2D eigenvalue weighted by Gasteiger charge is -2.10. The number of aromatic nitrogens is 2. The maximum Gasteiger partial charge on any atom is 0.279 e. The van der Waals surface area contributed by atoms with Crippen LogP contribution < -0.4 is 31.6 Å². The maximum atomic E-state index is 10.5. The summed E-state index contributed by atoms with van der Waals surface area (Å²) in [5.74, 6) is -2.31. The van der Waals surface area contributed by atoms with Crippen LogP contribution in [0.3, 0.4) is 0 Å². The lowest BCUT2D eigenvalue weighted by atomic mass is 10.1. The number of nitrogens with one attached hydrogen (secondary N) is 2. The van der Waals surface area contributed by atoms with Gasteiger partial charge in [-0.1, -0.05) is 24.3 Å². The zero-order valence-electron chi connectivity index (χ0n) is 16.7. The molecule has 0 aliphatic rings. The molecule has 11 nitrogen and oxygen atoms in total. The van der Waals surface area contributed by atoms with E-state index in [1.54, 1.807) is 0 Å². The Morgan fingerprint density at radius 2 is 1.26 bits per heavy atom. The van der Waals surface area contributed by atoms with E-state index in [0.29, 0.717) is 11.6 Å². The third kappa shape index (κ3) is 8.15. The van der Waals surface area contributed by atoms with E-state index in [2.05, 4.69) is 9.97 Å². The average molecular weight is 427 g/mol. The van der Waals surface area contributed by atoms with Gasteiger partial charge in [0.1, 0.15) is 0 Å². The highest BCUT2D eigenvalue weighted by Gasteiger charge is 2.18. The van der Waals surface area contributed by atoms with Crippen molar-refractivity contribution in [2.45, 2.75) is 13.8 Å². The van der Waals surface area contributed by atoms with Gasteiger partial charge in [-0.25, -0.2) is 9.97 Å². The first-order valence-corrected chi connectivity index (χ1v) is 8.71. The van der Waals surface area contributed by atoms with Gasteiger partial charge in [-0.2, -0.15) is 0 Å². The van der Waals surface area contributed by atoms with E-state index >= 15 is 0 Å². The second kappa shape index (κ2) is 11.5. The number of carbonyl (C=O) groups is 2. The molecule has 2 aromatic heterocycles. The number of carbonyl (C=O) groups excluding carboxylic acids is 2. The first-order valence-electron chi connectivity index (χ1n) is 8.71. The van der Waals surface area contributed by atoms with E-state index in [1.807, 2.05) is 50.2 Å². The number of aromatic amines is 2. The second-order valence-corrected chi connectivity index (χ2v) is 6.11. The number of pyridine rings is 2. The van der Waals surface area contributed by atoms with E-state index < -0.39 is 33.7 Å². The molecule has 3 aromatic rings. The van der Waals surface area contributed by atoms with Gasteiger partial charge < -0.3 is 19.8 Å². The fraction of sp³-hybridized carbons (Fsp3) is 0.100. The van der Waals surface area contributed by atoms with Crippen molar-refractivity contribution < 1.29 is 34.7 Å². The third-order valence-corrected chi connectivity index (χ3v) is 3.59.